The Hall–Kier alpha value is -1.91. The molecule has 0 bridgehead atoms. The molecule has 0 radical (unpaired) electrons. The molecule has 2 amide bonds. The van der Waals surface area contributed by atoms with Gasteiger partial charge in [0.2, 0.25) is 0 Å². The summed E-state index contributed by atoms with van der Waals surface area (Å²) in [4.78, 5) is 12.1. The molecule has 5 nitrogen and oxygen atoms in total. The van der Waals surface area contributed by atoms with Crippen LogP contribution in [-0.4, -0.2) is 26.3 Å². The first-order valence-electron chi connectivity index (χ1n) is 7.43. The summed E-state index contributed by atoms with van der Waals surface area (Å²) in [5.41, 5.74) is 0.649. The monoisotopic (exact) mass is 294 g/mol. The maximum atomic E-state index is 12.1. The Morgan fingerprint density at radius 3 is 2.00 bits per heavy atom. The molecule has 0 heterocycles. The Labute approximate surface area is 127 Å². The molecule has 21 heavy (non-hydrogen) atoms. The smallest absolute Gasteiger partial charge is 0.319 e. The molecule has 5 heteroatoms. The van der Waals surface area contributed by atoms with Crippen LogP contribution in [-0.2, 0) is 0 Å². The van der Waals surface area contributed by atoms with Crippen LogP contribution in [0.25, 0.3) is 0 Å². The highest BCUT2D eigenvalue weighted by Crippen LogP contribution is 2.25. The molecule has 0 unspecified atom stereocenters. The molecule has 0 spiro atoms. The maximum absolute atomic E-state index is 12.1. The lowest BCUT2D eigenvalue weighted by Crippen LogP contribution is -2.37. The third-order valence-electron chi connectivity index (χ3n) is 3.22. The van der Waals surface area contributed by atoms with Crippen LogP contribution < -0.4 is 20.1 Å². The van der Waals surface area contributed by atoms with Gasteiger partial charge in [0.15, 0.2) is 0 Å². The van der Waals surface area contributed by atoms with Crippen LogP contribution in [0, 0.1) is 0 Å². The van der Waals surface area contributed by atoms with Crippen molar-refractivity contribution in [2.75, 3.05) is 19.5 Å². The zero-order chi connectivity index (χ0) is 15.7. The average molecular weight is 294 g/mol. The minimum Gasteiger partial charge on any atom is -0.497 e. The van der Waals surface area contributed by atoms with Crippen molar-refractivity contribution < 1.29 is 14.3 Å². The molecule has 118 valence electrons. The zero-order valence-corrected chi connectivity index (χ0v) is 13.4. The van der Waals surface area contributed by atoms with E-state index in [4.69, 9.17) is 9.47 Å². The van der Waals surface area contributed by atoms with Crippen LogP contribution in [0.2, 0.25) is 0 Å². The number of amides is 2. The van der Waals surface area contributed by atoms with Gasteiger partial charge in [-0.05, 0) is 12.8 Å². The van der Waals surface area contributed by atoms with Gasteiger partial charge in [-0.15, -0.1) is 0 Å². The Morgan fingerprint density at radius 2 is 1.57 bits per heavy atom. The van der Waals surface area contributed by atoms with Crippen molar-refractivity contribution in [1.29, 1.82) is 0 Å². The lowest BCUT2D eigenvalue weighted by atomic mass is 10.1. The highest BCUT2D eigenvalue weighted by Gasteiger charge is 2.11. The Bertz CT molecular complexity index is 421. The predicted molar refractivity (Wildman–Crippen MR) is 85.3 cm³/mol. The molecule has 0 aliphatic heterocycles. The summed E-state index contributed by atoms with van der Waals surface area (Å²) in [6.45, 7) is 4.24. The number of nitrogens with one attached hydrogen (secondary N) is 2. The first-order valence-corrected chi connectivity index (χ1v) is 7.43. The van der Waals surface area contributed by atoms with Crippen LogP contribution in [0.3, 0.4) is 0 Å². The maximum Gasteiger partial charge on any atom is 0.319 e. The summed E-state index contributed by atoms with van der Waals surface area (Å²) < 4.78 is 10.4. The lowest BCUT2D eigenvalue weighted by molar-refractivity contribution is 0.246. The summed E-state index contributed by atoms with van der Waals surface area (Å²) in [5.74, 6) is 1.28. The van der Waals surface area contributed by atoms with E-state index in [-0.39, 0.29) is 12.1 Å². The van der Waals surface area contributed by atoms with Crippen LogP contribution in [0.4, 0.5) is 10.5 Å². The minimum absolute atomic E-state index is 0.197. The average Bonchev–Trinajstić information content (AvgIpc) is 2.47. The van der Waals surface area contributed by atoms with E-state index in [1.807, 2.05) is 0 Å². The van der Waals surface area contributed by atoms with Crippen LogP contribution in [0.5, 0.6) is 11.5 Å². The third-order valence-corrected chi connectivity index (χ3v) is 3.22. The van der Waals surface area contributed by atoms with Crippen molar-refractivity contribution in [3.05, 3.63) is 18.2 Å². The van der Waals surface area contributed by atoms with Gasteiger partial charge in [-0.3, -0.25) is 0 Å². The highest BCUT2D eigenvalue weighted by molar-refractivity contribution is 5.90. The molecule has 0 fully saturated rings. The van der Waals surface area contributed by atoms with E-state index >= 15 is 0 Å². The van der Waals surface area contributed by atoms with E-state index in [2.05, 4.69) is 24.5 Å². The van der Waals surface area contributed by atoms with Crippen LogP contribution in [0.15, 0.2) is 18.2 Å². The Kier molecular flexibility index (Phi) is 7.43. The van der Waals surface area contributed by atoms with Gasteiger partial charge in [0.1, 0.15) is 11.5 Å². The molecule has 0 aromatic heterocycles. The molecule has 0 aliphatic carbocycles. The lowest BCUT2D eigenvalue weighted by Gasteiger charge is -2.18. The van der Waals surface area contributed by atoms with Gasteiger partial charge in [0.05, 0.1) is 14.2 Å². The number of urea groups is 1. The van der Waals surface area contributed by atoms with Gasteiger partial charge < -0.3 is 20.1 Å². The number of methoxy groups -OCH3 is 2. The predicted octanol–water partition coefficient (Wildman–Crippen LogP) is 3.79. The molecular formula is C16H26N2O3. The number of carbonyl (C=O) groups is 1. The topological polar surface area (TPSA) is 59.6 Å². The number of carbonyl (C=O) groups excluding carboxylic acids is 1. The van der Waals surface area contributed by atoms with Crippen molar-refractivity contribution in [1.82, 2.24) is 5.32 Å². The van der Waals surface area contributed by atoms with Gasteiger partial charge in [0.25, 0.3) is 0 Å². The third kappa shape index (κ3) is 5.94. The molecule has 1 aromatic carbocycles. The van der Waals surface area contributed by atoms with E-state index in [0.29, 0.717) is 17.2 Å². The molecule has 0 aliphatic rings. The fourth-order valence-corrected chi connectivity index (χ4v) is 2.22. The summed E-state index contributed by atoms with van der Waals surface area (Å²) in [7, 11) is 3.16. The molecule has 2 N–H and O–H groups in total. The summed E-state index contributed by atoms with van der Waals surface area (Å²) in [5, 5.41) is 5.84. The van der Waals surface area contributed by atoms with Crippen molar-refractivity contribution in [3.8, 4) is 11.5 Å². The van der Waals surface area contributed by atoms with Gasteiger partial charge in [0, 0.05) is 29.9 Å². The summed E-state index contributed by atoms with van der Waals surface area (Å²) in [6.07, 6.45) is 4.08. The summed E-state index contributed by atoms with van der Waals surface area (Å²) >= 11 is 0. The molecule has 0 atom stereocenters. The van der Waals surface area contributed by atoms with E-state index in [0.717, 1.165) is 25.7 Å². The second kappa shape index (κ2) is 9.10. The molecule has 0 saturated carbocycles. The van der Waals surface area contributed by atoms with Gasteiger partial charge in [-0.25, -0.2) is 4.79 Å². The van der Waals surface area contributed by atoms with E-state index < -0.39 is 0 Å². The first kappa shape index (κ1) is 17.1. The fourth-order valence-electron chi connectivity index (χ4n) is 2.22. The van der Waals surface area contributed by atoms with Gasteiger partial charge in [-0.1, -0.05) is 26.7 Å². The van der Waals surface area contributed by atoms with Crippen LogP contribution in [0.1, 0.15) is 39.5 Å². The number of hydrogen-bond acceptors (Lipinski definition) is 3. The Balaban J connectivity index is 2.68. The molecule has 0 saturated heterocycles. The second-order valence-electron chi connectivity index (χ2n) is 4.97. The number of ether oxygens (including phenoxy) is 2. The molecular weight excluding hydrogens is 268 g/mol. The van der Waals surface area contributed by atoms with Crippen molar-refractivity contribution in [2.45, 2.75) is 45.6 Å². The van der Waals surface area contributed by atoms with Gasteiger partial charge in [-0.2, -0.15) is 0 Å². The molecule has 1 aromatic rings. The van der Waals surface area contributed by atoms with Gasteiger partial charge >= 0.3 is 6.03 Å². The van der Waals surface area contributed by atoms with Crippen LogP contribution >= 0.6 is 0 Å². The summed E-state index contributed by atoms with van der Waals surface area (Å²) in [6, 6.07) is 5.30. The van der Waals surface area contributed by atoms with E-state index in [9.17, 15) is 4.79 Å². The first-order chi connectivity index (χ1) is 10.1. The highest BCUT2D eigenvalue weighted by atomic mass is 16.5. The normalized spacial score (nSPS) is 10.3. The quantitative estimate of drug-likeness (QED) is 0.766. The molecule has 1 rings (SSSR count). The minimum atomic E-state index is -0.197. The zero-order valence-electron chi connectivity index (χ0n) is 13.4. The standard InChI is InChI=1S/C16H26N2O3/c1-5-7-12(8-6-2)17-16(19)18-13-9-14(20-3)11-15(10-13)21-4/h9-12H,5-8H2,1-4H3,(H2,17,18,19). The second-order valence-corrected chi connectivity index (χ2v) is 4.97. The number of benzene rings is 1. The van der Waals surface area contributed by atoms with Crippen molar-refractivity contribution >= 4 is 11.7 Å². The number of rotatable bonds is 8. The van der Waals surface area contributed by atoms with E-state index in [1.165, 1.54) is 0 Å². The van der Waals surface area contributed by atoms with Crippen molar-refractivity contribution in [2.24, 2.45) is 0 Å². The Morgan fingerprint density at radius 1 is 1.05 bits per heavy atom. The largest absolute Gasteiger partial charge is 0.497 e. The van der Waals surface area contributed by atoms with E-state index in [1.54, 1.807) is 32.4 Å². The number of anilines is 1. The SMILES string of the molecule is CCCC(CCC)NC(=O)Nc1cc(OC)cc(OC)c1. The number of hydrogen-bond donors (Lipinski definition) is 2. The fraction of sp³-hybridized carbons (Fsp3) is 0.562. The van der Waals surface area contributed by atoms with Crippen molar-refractivity contribution in [3.63, 3.8) is 0 Å².